The van der Waals surface area contributed by atoms with E-state index in [2.05, 4.69) is 22.3 Å². The van der Waals surface area contributed by atoms with Crippen molar-refractivity contribution in [3.05, 3.63) is 59.6 Å². The lowest BCUT2D eigenvalue weighted by Crippen LogP contribution is -2.72. The summed E-state index contributed by atoms with van der Waals surface area (Å²) in [5.74, 6) is -1.12. The molecule has 0 radical (unpaired) electrons. The lowest BCUT2D eigenvalue weighted by molar-refractivity contribution is -0.256. The first-order valence-electron chi connectivity index (χ1n) is 13.9. The smallest absolute Gasteiger partial charge is 0.264 e. The molecule has 2 bridgehead atoms. The Morgan fingerprint density at radius 1 is 1.12 bits per heavy atom. The zero-order valence-electron chi connectivity index (χ0n) is 22.2. The second-order valence-electron chi connectivity index (χ2n) is 12.1. The van der Waals surface area contributed by atoms with Crippen molar-refractivity contribution in [2.75, 3.05) is 18.4 Å². The van der Waals surface area contributed by atoms with Crippen molar-refractivity contribution in [2.24, 2.45) is 5.41 Å². The molecule has 3 N–H and O–H groups in total. The van der Waals surface area contributed by atoms with Gasteiger partial charge in [-0.3, -0.25) is 28.8 Å². The first-order valence-corrected chi connectivity index (χ1v) is 13.9. The number of carbonyl (C=O) groups excluding carboxylic acids is 4. The molecule has 1 atom stereocenters. The van der Waals surface area contributed by atoms with Crippen LogP contribution in [-0.2, 0) is 16.1 Å². The molecule has 2 aromatic rings. The number of nitrogens with zero attached hydrogens (tertiary/aromatic N) is 4. The minimum atomic E-state index is -0.851. The highest BCUT2D eigenvalue weighted by Crippen LogP contribution is 2.67. The Labute approximate surface area is 231 Å². The van der Waals surface area contributed by atoms with Crippen LogP contribution in [0.4, 0.5) is 5.69 Å². The van der Waals surface area contributed by atoms with Crippen LogP contribution in [0.5, 0.6) is 0 Å². The number of aromatic nitrogens is 2. The Balaban J connectivity index is 0.982. The second-order valence-corrected chi connectivity index (χ2v) is 12.1. The van der Waals surface area contributed by atoms with Crippen LogP contribution in [-0.4, -0.2) is 73.0 Å². The summed E-state index contributed by atoms with van der Waals surface area (Å²) >= 11 is 0. The van der Waals surface area contributed by atoms with Gasteiger partial charge >= 0.3 is 0 Å². The zero-order valence-corrected chi connectivity index (χ0v) is 22.2. The molecule has 2 saturated heterocycles. The molecular weight excluding hydrogens is 512 g/mol. The van der Waals surface area contributed by atoms with E-state index in [0.29, 0.717) is 63.1 Å². The van der Waals surface area contributed by atoms with Gasteiger partial charge in [0.25, 0.3) is 11.8 Å². The Kier molecular flexibility index (Phi) is 5.47. The maximum absolute atomic E-state index is 13.4. The maximum Gasteiger partial charge on any atom is 0.264 e. The van der Waals surface area contributed by atoms with E-state index < -0.39 is 23.5 Å². The third kappa shape index (κ3) is 3.78. The van der Waals surface area contributed by atoms with E-state index in [-0.39, 0.29) is 34.4 Å². The van der Waals surface area contributed by atoms with Crippen LogP contribution in [0.25, 0.3) is 0 Å². The van der Waals surface area contributed by atoms with Crippen molar-refractivity contribution in [3.63, 3.8) is 0 Å². The van der Waals surface area contributed by atoms with Crippen LogP contribution in [0.2, 0.25) is 0 Å². The van der Waals surface area contributed by atoms with Gasteiger partial charge in [0.2, 0.25) is 11.8 Å². The van der Waals surface area contributed by atoms with Gasteiger partial charge in [-0.05, 0) is 57.1 Å². The maximum atomic E-state index is 13.4. The van der Waals surface area contributed by atoms with Gasteiger partial charge in [0.1, 0.15) is 6.04 Å². The number of likely N-dealkylation sites (tertiary alicyclic amines) is 1. The standard InChI is InChI=1S/C29H32N6O5/c1-17-5-6-22(24(36)32-17)35-25(37)20-3-2-4-21(23(20)26(35)38)30-11-18-12-31-34(13-18)19-7-9-33(10-8-19)27(39)28-14-29(40,15-28)16-28/h2-4,12-13,19,22,30,40H,1,5-11,14-16H2,(H,32,36). The van der Waals surface area contributed by atoms with Crippen molar-refractivity contribution >= 4 is 29.3 Å². The van der Waals surface area contributed by atoms with Crippen molar-refractivity contribution in [3.8, 4) is 0 Å². The number of allylic oxidation sites excluding steroid dienone is 1. The Hall–Kier alpha value is -3.99. The van der Waals surface area contributed by atoms with Gasteiger partial charge in [-0.1, -0.05) is 12.6 Å². The number of fused-ring (bicyclic) bond motifs is 1. The van der Waals surface area contributed by atoms with Crippen LogP contribution in [0.1, 0.15) is 77.3 Å². The third-order valence-corrected chi connectivity index (χ3v) is 9.30. The van der Waals surface area contributed by atoms with Gasteiger partial charge in [0.05, 0.1) is 34.4 Å². The van der Waals surface area contributed by atoms with E-state index in [4.69, 9.17) is 0 Å². The second kappa shape index (κ2) is 8.76. The normalized spacial score (nSPS) is 29.6. The molecule has 4 heterocycles. The molecule has 208 valence electrons. The average molecular weight is 545 g/mol. The fourth-order valence-corrected chi connectivity index (χ4v) is 7.24. The van der Waals surface area contributed by atoms with Crippen molar-refractivity contribution < 1.29 is 24.3 Å². The lowest BCUT2D eigenvalue weighted by Gasteiger charge is -2.67. The summed E-state index contributed by atoms with van der Waals surface area (Å²) in [5.41, 5.74) is 1.75. The Morgan fingerprint density at radius 3 is 2.58 bits per heavy atom. The number of benzene rings is 1. The van der Waals surface area contributed by atoms with Crippen molar-refractivity contribution in [1.82, 2.24) is 24.9 Å². The quantitative estimate of drug-likeness (QED) is 0.473. The number of aliphatic hydroxyl groups is 1. The molecule has 0 spiro atoms. The van der Waals surface area contributed by atoms with Crippen molar-refractivity contribution in [2.45, 2.75) is 69.2 Å². The summed E-state index contributed by atoms with van der Waals surface area (Å²) in [6.07, 6.45) is 8.12. The molecule has 11 nitrogen and oxygen atoms in total. The molecule has 1 aromatic carbocycles. The van der Waals surface area contributed by atoms with Crippen LogP contribution >= 0.6 is 0 Å². The largest absolute Gasteiger partial charge is 0.390 e. The number of nitrogens with one attached hydrogen (secondary N) is 2. The summed E-state index contributed by atoms with van der Waals surface area (Å²) in [4.78, 5) is 54.9. The number of amides is 4. The number of imide groups is 1. The summed E-state index contributed by atoms with van der Waals surface area (Å²) in [6.45, 7) is 5.55. The molecule has 5 fully saturated rings. The number of piperidine rings is 2. The molecule has 3 saturated carbocycles. The van der Waals surface area contributed by atoms with Crippen LogP contribution in [0.3, 0.4) is 0 Å². The van der Waals surface area contributed by atoms with Gasteiger partial charge in [-0.2, -0.15) is 5.10 Å². The lowest BCUT2D eigenvalue weighted by atomic mass is 9.41. The van der Waals surface area contributed by atoms with Crippen LogP contribution in [0.15, 0.2) is 42.9 Å². The molecule has 4 amide bonds. The molecule has 11 heteroatoms. The number of hydrogen-bond donors (Lipinski definition) is 3. The molecule has 3 aliphatic carbocycles. The van der Waals surface area contributed by atoms with Gasteiger partial charge < -0.3 is 20.6 Å². The predicted octanol–water partition coefficient (Wildman–Crippen LogP) is 1.96. The van der Waals surface area contributed by atoms with Crippen LogP contribution < -0.4 is 10.6 Å². The Morgan fingerprint density at radius 2 is 1.88 bits per heavy atom. The fraction of sp³-hybridized carbons (Fsp3) is 0.483. The number of carbonyl (C=O) groups is 4. The van der Waals surface area contributed by atoms with Crippen molar-refractivity contribution in [1.29, 1.82) is 0 Å². The minimum absolute atomic E-state index is 0.196. The van der Waals surface area contributed by atoms with Gasteiger partial charge in [0.15, 0.2) is 0 Å². The van der Waals surface area contributed by atoms with E-state index >= 15 is 0 Å². The predicted molar refractivity (Wildman–Crippen MR) is 143 cm³/mol. The highest BCUT2D eigenvalue weighted by molar-refractivity contribution is 6.25. The molecule has 40 heavy (non-hydrogen) atoms. The molecule has 1 unspecified atom stereocenters. The van der Waals surface area contributed by atoms with E-state index in [1.807, 2.05) is 15.8 Å². The summed E-state index contributed by atoms with van der Waals surface area (Å²) < 4.78 is 1.95. The van der Waals surface area contributed by atoms with Gasteiger partial charge in [0, 0.05) is 42.8 Å². The van der Waals surface area contributed by atoms with Crippen LogP contribution in [0, 0.1) is 5.41 Å². The van der Waals surface area contributed by atoms with Gasteiger partial charge in [-0.25, -0.2) is 0 Å². The highest BCUT2D eigenvalue weighted by atomic mass is 16.3. The van der Waals surface area contributed by atoms with Gasteiger partial charge in [-0.15, -0.1) is 0 Å². The minimum Gasteiger partial charge on any atom is -0.390 e. The number of rotatable bonds is 6. The zero-order chi connectivity index (χ0) is 27.8. The first-order chi connectivity index (χ1) is 19.2. The van der Waals surface area contributed by atoms with E-state index in [0.717, 1.165) is 23.3 Å². The first kappa shape index (κ1) is 25.0. The fourth-order valence-electron chi connectivity index (χ4n) is 7.24. The van der Waals surface area contributed by atoms with E-state index in [9.17, 15) is 24.3 Å². The molecule has 8 rings (SSSR count). The third-order valence-electron chi connectivity index (χ3n) is 9.30. The summed E-state index contributed by atoms with van der Waals surface area (Å²) in [5, 5.41) is 20.5. The SMILES string of the molecule is C=C1CCC(N2C(=O)c3cccc(NCc4cnn(C5CCN(C(=O)C67CC(O)(C6)C7)CC5)c4)c3C2=O)C(=O)N1. The molecule has 3 aliphatic heterocycles. The number of anilines is 1. The monoisotopic (exact) mass is 544 g/mol. The van der Waals surface area contributed by atoms with E-state index in [1.54, 1.807) is 24.4 Å². The topological polar surface area (TPSA) is 137 Å². The molecule has 6 aliphatic rings. The number of hydrogen-bond acceptors (Lipinski definition) is 7. The highest BCUT2D eigenvalue weighted by Gasteiger charge is 2.71. The van der Waals surface area contributed by atoms with E-state index in [1.165, 1.54) is 0 Å². The summed E-state index contributed by atoms with van der Waals surface area (Å²) in [7, 11) is 0. The summed E-state index contributed by atoms with van der Waals surface area (Å²) in [6, 6.07) is 4.45. The average Bonchev–Trinajstić information content (AvgIpc) is 3.48. The molecule has 1 aromatic heterocycles. The Bertz CT molecular complexity index is 1450. The molecular formula is C29H32N6O5.